The Labute approximate surface area is 122 Å². The lowest BCUT2D eigenvalue weighted by Gasteiger charge is -1.99. The Morgan fingerprint density at radius 2 is 1.71 bits per heavy atom. The van der Waals surface area contributed by atoms with E-state index >= 15 is 0 Å². The summed E-state index contributed by atoms with van der Waals surface area (Å²) in [7, 11) is -3.36. The van der Waals surface area contributed by atoms with Crippen LogP contribution in [0.25, 0.3) is 0 Å². The Morgan fingerprint density at radius 3 is 2.14 bits per heavy atom. The Morgan fingerprint density at radius 1 is 1.10 bits per heavy atom. The average molecular weight is 309 g/mol. The number of phenolic OH excluding ortho intramolecular Hbond substituents is 1. The van der Waals surface area contributed by atoms with Crippen LogP contribution in [0.1, 0.15) is 6.92 Å². The first kappa shape index (κ1) is 16.6. The van der Waals surface area contributed by atoms with E-state index in [1.165, 1.54) is 25.1 Å². The van der Waals surface area contributed by atoms with E-state index in [0.29, 0.717) is 5.75 Å². The van der Waals surface area contributed by atoms with E-state index in [0.717, 1.165) is 6.07 Å². The van der Waals surface area contributed by atoms with Crippen LogP contribution in [0.4, 0.5) is 5.69 Å². The number of hydrogen-bond acceptors (Lipinski definition) is 5. The van der Waals surface area contributed by atoms with Gasteiger partial charge in [0, 0.05) is 12.1 Å². The first-order valence-electron chi connectivity index (χ1n) is 6.08. The Bertz CT molecular complexity index is 698. The maximum atomic E-state index is 11.4. The van der Waals surface area contributed by atoms with Crippen molar-refractivity contribution in [2.45, 2.75) is 11.8 Å². The molecule has 0 spiro atoms. The number of aromatic hydroxyl groups is 1. The third kappa shape index (κ3) is 5.23. The molecule has 0 saturated heterocycles. The molecule has 0 bridgehead atoms. The molecule has 0 heterocycles. The number of sulfone groups is 1. The predicted octanol–water partition coefficient (Wildman–Crippen LogP) is 2.78. The van der Waals surface area contributed by atoms with Gasteiger partial charge in [0.15, 0.2) is 9.84 Å². The van der Waals surface area contributed by atoms with Crippen LogP contribution in [0.2, 0.25) is 0 Å². The van der Waals surface area contributed by atoms with E-state index in [2.05, 4.69) is 0 Å². The number of nitrogens with zero attached hydrogens (tertiary/aromatic N) is 1. The van der Waals surface area contributed by atoms with Crippen molar-refractivity contribution in [1.82, 2.24) is 0 Å². The van der Waals surface area contributed by atoms with E-state index in [9.17, 15) is 18.5 Å². The number of rotatable bonds is 3. The maximum Gasteiger partial charge on any atom is 0.270 e. The van der Waals surface area contributed by atoms with Crippen LogP contribution >= 0.6 is 0 Å². The molecule has 7 heteroatoms. The van der Waals surface area contributed by atoms with Crippen molar-refractivity contribution in [2.75, 3.05) is 5.75 Å². The van der Waals surface area contributed by atoms with Gasteiger partial charge >= 0.3 is 0 Å². The molecule has 21 heavy (non-hydrogen) atoms. The summed E-state index contributed by atoms with van der Waals surface area (Å²) in [5.41, 5.74) is -0.209. The molecule has 0 aromatic heterocycles. The van der Waals surface area contributed by atoms with Crippen molar-refractivity contribution in [1.29, 1.82) is 0 Å². The van der Waals surface area contributed by atoms with Gasteiger partial charge in [0.05, 0.1) is 15.6 Å². The van der Waals surface area contributed by atoms with Gasteiger partial charge < -0.3 is 5.11 Å². The third-order valence-corrected chi connectivity index (χ3v) is 4.26. The highest BCUT2D eigenvalue weighted by molar-refractivity contribution is 7.91. The standard InChI is InChI=1S/C8H9NO4S.C6H6O/c1-2-14(12,13)8-5-3-4-7(6-8)9(10)11;7-6-4-2-1-3-5-6/h3-6H,2H2,1H3;1-5,7H. The summed E-state index contributed by atoms with van der Waals surface area (Å²) in [6.07, 6.45) is 0. The minimum Gasteiger partial charge on any atom is -0.508 e. The van der Waals surface area contributed by atoms with Gasteiger partial charge in [-0.05, 0) is 18.2 Å². The van der Waals surface area contributed by atoms with Crippen LogP contribution in [0, 0.1) is 10.1 Å². The maximum absolute atomic E-state index is 11.4. The molecule has 1 N–H and O–H groups in total. The van der Waals surface area contributed by atoms with Gasteiger partial charge in [0.1, 0.15) is 5.75 Å². The first-order chi connectivity index (χ1) is 9.86. The molecule has 0 aliphatic rings. The van der Waals surface area contributed by atoms with Crippen LogP contribution < -0.4 is 0 Å². The van der Waals surface area contributed by atoms with Crippen LogP contribution in [0.3, 0.4) is 0 Å². The zero-order chi connectivity index (χ0) is 15.9. The zero-order valence-electron chi connectivity index (χ0n) is 11.3. The summed E-state index contributed by atoms with van der Waals surface area (Å²) in [5.74, 6) is 0.260. The second kappa shape index (κ2) is 7.39. The van der Waals surface area contributed by atoms with Gasteiger partial charge in [0.2, 0.25) is 0 Å². The van der Waals surface area contributed by atoms with E-state index in [4.69, 9.17) is 5.11 Å². The highest BCUT2D eigenvalue weighted by Gasteiger charge is 2.15. The zero-order valence-corrected chi connectivity index (χ0v) is 12.2. The summed E-state index contributed by atoms with van der Waals surface area (Å²) < 4.78 is 22.7. The molecule has 0 radical (unpaired) electrons. The smallest absolute Gasteiger partial charge is 0.270 e. The Hall–Kier alpha value is -2.41. The summed E-state index contributed by atoms with van der Waals surface area (Å²) in [5, 5.41) is 19.0. The number of hydrogen-bond donors (Lipinski definition) is 1. The van der Waals surface area contributed by atoms with Gasteiger partial charge in [-0.2, -0.15) is 0 Å². The number of nitro groups is 1. The molecule has 2 aromatic carbocycles. The fourth-order valence-electron chi connectivity index (χ4n) is 1.39. The van der Waals surface area contributed by atoms with Crippen molar-refractivity contribution >= 4 is 15.5 Å². The molecule has 2 rings (SSSR count). The van der Waals surface area contributed by atoms with Gasteiger partial charge in [-0.15, -0.1) is 0 Å². The molecule has 0 amide bonds. The van der Waals surface area contributed by atoms with Crippen molar-refractivity contribution in [3.05, 3.63) is 64.7 Å². The lowest BCUT2D eigenvalue weighted by atomic mass is 10.3. The normalized spacial score (nSPS) is 10.3. The van der Waals surface area contributed by atoms with Crippen LogP contribution in [-0.2, 0) is 9.84 Å². The van der Waals surface area contributed by atoms with Gasteiger partial charge in [0.25, 0.3) is 5.69 Å². The van der Waals surface area contributed by atoms with Crippen LogP contribution in [-0.4, -0.2) is 24.2 Å². The predicted molar refractivity (Wildman–Crippen MR) is 78.9 cm³/mol. The summed E-state index contributed by atoms with van der Waals surface area (Å²) in [6, 6.07) is 13.8. The average Bonchev–Trinajstić information content (AvgIpc) is 2.49. The second-order valence-electron chi connectivity index (χ2n) is 3.99. The highest BCUT2D eigenvalue weighted by atomic mass is 32.2. The van der Waals surface area contributed by atoms with Crippen molar-refractivity contribution < 1.29 is 18.4 Å². The molecular weight excluding hydrogens is 294 g/mol. The van der Waals surface area contributed by atoms with Crippen molar-refractivity contribution in [2.24, 2.45) is 0 Å². The summed E-state index contributed by atoms with van der Waals surface area (Å²) >= 11 is 0. The van der Waals surface area contributed by atoms with E-state index in [1.807, 2.05) is 6.07 Å². The number of non-ortho nitro benzene ring substituents is 1. The quantitative estimate of drug-likeness (QED) is 0.694. The minimum atomic E-state index is -3.36. The number of benzene rings is 2. The molecule has 0 aliphatic heterocycles. The SMILES string of the molecule is CCS(=O)(=O)c1cccc([N+](=O)[O-])c1.Oc1ccccc1. The molecule has 6 nitrogen and oxygen atoms in total. The van der Waals surface area contributed by atoms with Crippen LogP contribution in [0.15, 0.2) is 59.5 Å². The number of nitro benzene ring substituents is 1. The topological polar surface area (TPSA) is 97.5 Å². The van der Waals surface area contributed by atoms with Crippen molar-refractivity contribution in [3.8, 4) is 5.75 Å². The van der Waals surface area contributed by atoms with Gasteiger partial charge in [-0.1, -0.05) is 31.2 Å². The summed E-state index contributed by atoms with van der Waals surface area (Å²) in [6.45, 7) is 1.49. The molecule has 0 unspecified atom stereocenters. The fourth-order valence-corrected chi connectivity index (χ4v) is 2.30. The Balaban J connectivity index is 0.000000262. The first-order valence-corrected chi connectivity index (χ1v) is 7.73. The second-order valence-corrected chi connectivity index (χ2v) is 6.27. The molecule has 0 aliphatic carbocycles. The van der Waals surface area contributed by atoms with Gasteiger partial charge in [-0.25, -0.2) is 8.42 Å². The number of phenols is 1. The summed E-state index contributed by atoms with van der Waals surface area (Å²) in [4.78, 5) is 9.76. The molecule has 0 atom stereocenters. The monoisotopic (exact) mass is 309 g/mol. The molecule has 112 valence electrons. The van der Waals surface area contributed by atoms with Gasteiger partial charge in [-0.3, -0.25) is 10.1 Å². The number of para-hydroxylation sites is 1. The fraction of sp³-hybridized carbons (Fsp3) is 0.143. The molecular formula is C14H15NO5S. The van der Waals surface area contributed by atoms with E-state index in [-0.39, 0.29) is 16.3 Å². The lowest BCUT2D eigenvalue weighted by molar-refractivity contribution is -0.385. The van der Waals surface area contributed by atoms with Crippen molar-refractivity contribution in [3.63, 3.8) is 0 Å². The third-order valence-electron chi connectivity index (χ3n) is 2.52. The largest absolute Gasteiger partial charge is 0.508 e. The molecule has 2 aromatic rings. The molecule has 0 fully saturated rings. The van der Waals surface area contributed by atoms with E-state index in [1.54, 1.807) is 24.3 Å². The minimum absolute atomic E-state index is 0.00537. The lowest BCUT2D eigenvalue weighted by Crippen LogP contribution is -2.03. The Kier molecular flexibility index (Phi) is 5.86. The highest BCUT2D eigenvalue weighted by Crippen LogP contribution is 2.17. The van der Waals surface area contributed by atoms with E-state index < -0.39 is 14.8 Å². The van der Waals surface area contributed by atoms with Crippen LogP contribution in [0.5, 0.6) is 5.75 Å². The molecule has 0 saturated carbocycles.